The summed E-state index contributed by atoms with van der Waals surface area (Å²) in [6.07, 6.45) is 0.991. The Morgan fingerprint density at radius 3 is 1.21 bits per heavy atom. The number of rotatable bonds is 4. The van der Waals surface area contributed by atoms with Gasteiger partial charge in [-0.1, -0.05) is 13.8 Å². The molecule has 84 valence electrons. The Morgan fingerprint density at radius 2 is 1.21 bits per heavy atom. The van der Waals surface area contributed by atoms with Crippen molar-refractivity contribution in [3.05, 3.63) is 0 Å². The number of carboxylic acid groups (broad SMARTS) is 2. The zero-order valence-corrected chi connectivity index (χ0v) is 8.43. The summed E-state index contributed by atoms with van der Waals surface area (Å²) in [5, 5.41) is 16.1. The van der Waals surface area contributed by atoms with Gasteiger partial charge < -0.3 is 21.7 Å². The normalized spacial score (nSPS) is 13.4. The van der Waals surface area contributed by atoms with Crippen LogP contribution in [-0.2, 0) is 9.59 Å². The summed E-state index contributed by atoms with van der Waals surface area (Å²) < 4.78 is 0. The lowest BCUT2D eigenvalue weighted by Crippen LogP contribution is -2.28. The highest BCUT2D eigenvalue weighted by Gasteiger charge is 2.06. The minimum atomic E-state index is -0.928. The van der Waals surface area contributed by atoms with Crippen LogP contribution in [0.25, 0.3) is 0 Å². The van der Waals surface area contributed by atoms with Gasteiger partial charge in [-0.15, -0.1) is 0 Å². The van der Waals surface area contributed by atoms with Crippen molar-refractivity contribution in [2.45, 2.75) is 38.8 Å². The number of hydrogen-bond donors (Lipinski definition) is 4. The van der Waals surface area contributed by atoms with E-state index in [2.05, 4.69) is 0 Å². The van der Waals surface area contributed by atoms with E-state index in [-0.39, 0.29) is 0 Å². The molecule has 0 spiro atoms. The highest BCUT2D eigenvalue weighted by molar-refractivity contribution is 5.73. The summed E-state index contributed by atoms with van der Waals surface area (Å²) in [6.45, 7) is 3.47. The second kappa shape index (κ2) is 8.46. The SMILES string of the molecule is CC[C@@H](N)C(=O)O.CC[C@H](N)C(=O)O. The van der Waals surface area contributed by atoms with E-state index in [4.69, 9.17) is 21.7 Å². The van der Waals surface area contributed by atoms with Gasteiger partial charge in [0.25, 0.3) is 0 Å². The van der Waals surface area contributed by atoms with Gasteiger partial charge in [-0.25, -0.2) is 0 Å². The first-order chi connectivity index (χ1) is 6.36. The van der Waals surface area contributed by atoms with Crippen molar-refractivity contribution in [2.24, 2.45) is 11.5 Å². The third-order valence-corrected chi connectivity index (χ3v) is 1.51. The predicted octanol–water partition coefficient (Wildman–Crippen LogP) is -0.383. The fourth-order valence-corrected chi connectivity index (χ4v) is 0.349. The molecular formula is C8H18N2O4. The van der Waals surface area contributed by atoms with E-state index in [1.807, 2.05) is 0 Å². The van der Waals surface area contributed by atoms with Crippen molar-refractivity contribution < 1.29 is 19.8 Å². The molecule has 0 saturated carbocycles. The summed E-state index contributed by atoms with van der Waals surface area (Å²) in [4.78, 5) is 19.6. The molecule has 2 atom stereocenters. The number of carboxylic acids is 2. The van der Waals surface area contributed by atoms with E-state index in [0.29, 0.717) is 12.8 Å². The summed E-state index contributed by atoms with van der Waals surface area (Å²) in [5.74, 6) is -1.86. The molecular weight excluding hydrogens is 188 g/mol. The Morgan fingerprint density at radius 1 is 1.00 bits per heavy atom. The first-order valence-electron chi connectivity index (χ1n) is 4.33. The van der Waals surface area contributed by atoms with Crippen LogP contribution < -0.4 is 11.5 Å². The van der Waals surface area contributed by atoms with Gasteiger partial charge in [-0.2, -0.15) is 0 Å². The third kappa shape index (κ3) is 8.95. The number of aliphatic carboxylic acids is 2. The predicted molar refractivity (Wildman–Crippen MR) is 51.8 cm³/mol. The van der Waals surface area contributed by atoms with Crippen molar-refractivity contribution in [2.75, 3.05) is 0 Å². The largest absolute Gasteiger partial charge is 0.480 e. The average molecular weight is 206 g/mol. The number of hydrogen-bond acceptors (Lipinski definition) is 4. The zero-order valence-electron chi connectivity index (χ0n) is 8.43. The molecule has 0 aromatic rings. The molecule has 6 heteroatoms. The maximum atomic E-state index is 9.81. The molecule has 0 fully saturated rings. The van der Waals surface area contributed by atoms with Crippen LogP contribution in [0.5, 0.6) is 0 Å². The van der Waals surface area contributed by atoms with Gasteiger partial charge in [0, 0.05) is 0 Å². The topological polar surface area (TPSA) is 127 Å². The molecule has 0 aromatic carbocycles. The molecule has 0 rings (SSSR count). The van der Waals surface area contributed by atoms with Crippen molar-refractivity contribution in [3.63, 3.8) is 0 Å². The minimum Gasteiger partial charge on any atom is -0.480 e. The van der Waals surface area contributed by atoms with Crippen LogP contribution in [0.3, 0.4) is 0 Å². The van der Waals surface area contributed by atoms with Gasteiger partial charge in [0.05, 0.1) is 0 Å². The van der Waals surface area contributed by atoms with E-state index in [1.165, 1.54) is 0 Å². The van der Waals surface area contributed by atoms with Gasteiger partial charge in [0.2, 0.25) is 0 Å². The maximum absolute atomic E-state index is 9.81. The molecule has 0 heterocycles. The van der Waals surface area contributed by atoms with Crippen molar-refractivity contribution in [1.82, 2.24) is 0 Å². The van der Waals surface area contributed by atoms with E-state index >= 15 is 0 Å². The summed E-state index contributed by atoms with van der Waals surface area (Å²) in [5.41, 5.74) is 10.0. The second-order valence-corrected chi connectivity index (χ2v) is 2.71. The van der Waals surface area contributed by atoms with Gasteiger partial charge in [-0.05, 0) is 12.8 Å². The van der Waals surface area contributed by atoms with Gasteiger partial charge in [0.1, 0.15) is 12.1 Å². The van der Waals surface area contributed by atoms with Gasteiger partial charge >= 0.3 is 11.9 Å². The number of carbonyl (C=O) groups is 2. The summed E-state index contributed by atoms with van der Waals surface area (Å²) >= 11 is 0. The van der Waals surface area contributed by atoms with Crippen LogP contribution in [0.2, 0.25) is 0 Å². The molecule has 0 saturated heterocycles. The Hall–Kier alpha value is -1.14. The molecule has 14 heavy (non-hydrogen) atoms. The monoisotopic (exact) mass is 206 g/mol. The first-order valence-corrected chi connectivity index (χ1v) is 4.33. The molecule has 0 unspecified atom stereocenters. The van der Waals surface area contributed by atoms with E-state index in [0.717, 1.165) is 0 Å². The average Bonchev–Trinajstić information content (AvgIpc) is 2.15. The standard InChI is InChI=1S/2C4H9NO2/c2*1-2-3(5)4(6)7/h2*3H,2,5H2,1H3,(H,6,7)/t2*3-/m10/s1. The molecule has 0 aliphatic rings. The minimum absolute atomic E-state index is 0.495. The quantitative estimate of drug-likeness (QED) is 0.496. The fourth-order valence-electron chi connectivity index (χ4n) is 0.349. The summed E-state index contributed by atoms with van der Waals surface area (Å²) in [7, 11) is 0. The molecule has 0 radical (unpaired) electrons. The lowest BCUT2D eigenvalue weighted by molar-refractivity contribution is -0.139. The van der Waals surface area contributed by atoms with Crippen LogP contribution >= 0.6 is 0 Å². The fraction of sp³-hybridized carbons (Fsp3) is 0.750. The Kier molecular flexibility index (Phi) is 9.27. The Labute approximate surface area is 82.9 Å². The second-order valence-electron chi connectivity index (χ2n) is 2.71. The number of nitrogens with two attached hydrogens (primary N) is 2. The van der Waals surface area contributed by atoms with E-state index in [1.54, 1.807) is 13.8 Å². The van der Waals surface area contributed by atoms with Crippen LogP contribution in [0.15, 0.2) is 0 Å². The highest BCUT2D eigenvalue weighted by Crippen LogP contribution is 1.82. The van der Waals surface area contributed by atoms with Gasteiger partial charge in [-0.3, -0.25) is 9.59 Å². The molecule has 0 amide bonds. The smallest absolute Gasteiger partial charge is 0.320 e. The Bertz CT molecular complexity index is 164. The van der Waals surface area contributed by atoms with Crippen molar-refractivity contribution in [3.8, 4) is 0 Å². The van der Waals surface area contributed by atoms with E-state index < -0.39 is 24.0 Å². The van der Waals surface area contributed by atoms with Crippen LogP contribution in [0.4, 0.5) is 0 Å². The maximum Gasteiger partial charge on any atom is 0.320 e. The zero-order chi connectivity index (χ0) is 11.7. The first kappa shape index (κ1) is 15.3. The summed E-state index contributed by atoms with van der Waals surface area (Å²) in [6, 6.07) is -1.36. The lowest BCUT2D eigenvalue weighted by Gasteiger charge is -1.97. The lowest BCUT2D eigenvalue weighted by atomic mass is 10.2. The molecule has 0 aliphatic heterocycles. The molecule has 0 aromatic heterocycles. The highest BCUT2D eigenvalue weighted by atomic mass is 16.4. The van der Waals surface area contributed by atoms with Crippen LogP contribution in [-0.4, -0.2) is 34.2 Å². The molecule has 0 aliphatic carbocycles. The molecule has 6 N–H and O–H groups in total. The van der Waals surface area contributed by atoms with Crippen molar-refractivity contribution in [1.29, 1.82) is 0 Å². The van der Waals surface area contributed by atoms with Gasteiger partial charge in [0.15, 0.2) is 0 Å². The molecule has 6 nitrogen and oxygen atoms in total. The third-order valence-electron chi connectivity index (χ3n) is 1.51. The van der Waals surface area contributed by atoms with Crippen molar-refractivity contribution >= 4 is 11.9 Å². The van der Waals surface area contributed by atoms with Crippen LogP contribution in [0, 0.1) is 0 Å². The van der Waals surface area contributed by atoms with Crippen LogP contribution in [0.1, 0.15) is 26.7 Å². The molecule has 0 bridgehead atoms. The Balaban J connectivity index is 0. The van der Waals surface area contributed by atoms with E-state index in [9.17, 15) is 9.59 Å².